The highest BCUT2D eigenvalue weighted by atomic mass is 32.1. The maximum atomic E-state index is 12.9. The number of hydrogen-bond acceptors (Lipinski definition) is 7. The normalized spacial score (nSPS) is 16.3. The molecule has 3 aromatic rings. The molecule has 10 heteroatoms. The lowest BCUT2D eigenvalue weighted by Gasteiger charge is -2.30. The SMILES string of the molecule is CC(=O)Nc1nc2ccc(-c3cnc4c(c3)N(C(=O)OC3CCCCC3)CC(=O)N4)cc2s1. The Balaban J connectivity index is 1.44. The number of thiazole rings is 1. The lowest BCUT2D eigenvalue weighted by Crippen LogP contribution is -2.44. The number of aromatic nitrogens is 2. The van der Waals surface area contributed by atoms with E-state index in [1.807, 2.05) is 24.3 Å². The van der Waals surface area contributed by atoms with Gasteiger partial charge >= 0.3 is 6.09 Å². The zero-order valence-electron chi connectivity index (χ0n) is 18.1. The van der Waals surface area contributed by atoms with E-state index in [9.17, 15) is 14.4 Å². The van der Waals surface area contributed by atoms with Crippen molar-refractivity contribution in [2.45, 2.75) is 45.1 Å². The van der Waals surface area contributed by atoms with Crippen molar-refractivity contribution in [1.29, 1.82) is 0 Å². The topological polar surface area (TPSA) is 114 Å². The summed E-state index contributed by atoms with van der Waals surface area (Å²) >= 11 is 1.38. The second kappa shape index (κ2) is 8.78. The fraction of sp³-hybridized carbons (Fsp3) is 0.348. The van der Waals surface area contributed by atoms with Crippen molar-refractivity contribution in [2.75, 3.05) is 22.1 Å². The number of carbonyl (C=O) groups is 3. The molecular weight excluding hydrogens is 442 g/mol. The molecule has 1 aliphatic heterocycles. The maximum Gasteiger partial charge on any atom is 0.415 e. The zero-order chi connectivity index (χ0) is 22.9. The third kappa shape index (κ3) is 4.51. The molecule has 1 aromatic carbocycles. The van der Waals surface area contributed by atoms with Gasteiger partial charge in [0.1, 0.15) is 12.6 Å². The molecule has 0 unspecified atom stereocenters. The predicted molar refractivity (Wildman–Crippen MR) is 126 cm³/mol. The van der Waals surface area contributed by atoms with Gasteiger partial charge in [-0.3, -0.25) is 14.5 Å². The Morgan fingerprint density at radius 3 is 2.79 bits per heavy atom. The number of hydrogen-bond donors (Lipinski definition) is 2. The first-order valence-corrected chi connectivity index (χ1v) is 11.7. The van der Waals surface area contributed by atoms with E-state index >= 15 is 0 Å². The van der Waals surface area contributed by atoms with Crippen molar-refractivity contribution in [3.05, 3.63) is 30.5 Å². The molecule has 0 spiro atoms. The molecule has 170 valence electrons. The molecule has 1 fully saturated rings. The van der Waals surface area contributed by atoms with Gasteiger partial charge in [0.05, 0.1) is 15.9 Å². The first-order chi connectivity index (χ1) is 16.0. The molecule has 0 saturated heterocycles. The smallest absolute Gasteiger partial charge is 0.415 e. The molecule has 9 nitrogen and oxygen atoms in total. The Kier molecular flexibility index (Phi) is 5.67. The van der Waals surface area contributed by atoms with Crippen molar-refractivity contribution in [1.82, 2.24) is 9.97 Å². The third-order valence-corrected chi connectivity index (χ3v) is 6.70. The van der Waals surface area contributed by atoms with Crippen LogP contribution in [0.4, 0.5) is 21.4 Å². The maximum absolute atomic E-state index is 12.9. The number of amides is 3. The molecule has 3 amide bonds. The summed E-state index contributed by atoms with van der Waals surface area (Å²) in [6, 6.07) is 7.59. The highest BCUT2D eigenvalue weighted by Crippen LogP contribution is 2.35. The van der Waals surface area contributed by atoms with E-state index in [0.29, 0.717) is 16.6 Å². The lowest BCUT2D eigenvalue weighted by molar-refractivity contribution is -0.115. The van der Waals surface area contributed by atoms with E-state index in [4.69, 9.17) is 4.74 Å². The van der Waals surface area contributed by atoms with Crippen molar-refractivity contribution in [3.8, 4) is 11.1 Å². The Hall–Kier alpha value is -3.53. The van der Waals surface area contributed by atoms with Crippen LogP contribution in [0.15, 0.2) is 30.5 Å². The molecule has 33 heavy (non-hydrogen) atoms. The molecule has 0 radical (unpaired) electrons. The fourth-order valence-electron chi connectivity index (χ4n) is 4.17. The van der Waals surface area contributed by atoms with E-state index < -0.39 is 6.09 Å². The summed E-state index contributed by atoms with van der Waals surface area (Å²) in [5.74, 6) is -0.141. The van der Waals surface area contributed by atoms with Gasteiger partial charge in [0, 0.05) is 18.7 Å². The summed E-state index contributed by atoms with van der Waals surface area (Å²) in [6.07, 6.45) is 5.99. The Morgan fingerprint density at radius 1 is 1.18 bits per heavy atom. The first kappa shape index (κ1) is 21.3. The Bertz CT molecular complexity index is 1250. The number of rotatable bonds is 3. The minimum atomic E-state index is -0.519. The first-order valence-electron chi connectivity index (χ1n) is 10.9. The van der Waals surface area contributed by atoms with E-state index in [-0.39, 0.29) is 24.5 Å². The summed E-state index contributed by atoms with van der Waals surface area (Å²) in [5.41, 5.74) is 2.96. The van der Waals surface area contributed by atoms with Gasteiger partial charge in [0.25, 0.3) is 0 Å². The van der Waals surface area contributed by atoms with Gasteiger partial charge in [0.15, 0.2) is 10.9 Å². The number of pyridine rings is 1. The van der Waals surface area contributed by atoms with Crippen LogP contribution in [-0.2, 0) is 14.3 Å². The predicted octanol–water partition coefficient (Wildman–Crippen LogP) is 4.54. The van der Waals surface area contributed by atoms with Crippen molar-refractivity contribution < 1.29 is 19.1 Å². The van der Waals surface area contributed by atoms with Crippen LogP contribution in [0, 0.1) is 0 Å². The summed E-state index contributed by atoms with van der Waals surface area (Å²) < 4.78 is 6.62. The van der Waals surface area contributed by atoms with Crippen molar-refractivity contribution >= 4 is 56.1 Å². The average Bonchev–Trinajstić information content (AvgIpc) is 3.19. The highest BCUT2D eigenvalue weighted by molar-refractivity contribution is 7.22. The van der Waals surface area contributed by atoms with Gasteiger partial charge in [-0.2, -0.15) is 0 Å². The molecule has 0 atom stereocenters. The van der Waals surface area contributed by atoms with E-state index in [1.54, 1.807) is 6.20 Å². The van der Waals surface area contributed by atoms with E-state index in [1.165, 1.54) is 23.2 Å². The van der Waals surface area contributed by atoms with Gasteiger partial charge < -0.3 is 15.4 Å². The number of nitrogens with one attached hydrogen (secondary N) is 2. The van der Waals surface area contributed by atoms with Crippen LogP contribution in [0.5, 0.6) is 0 Å². The average molecular weight is 466 g/mol. The van der Waals surface area contributed by atoms with Crippen LogP contribution in [0.1, 0.15) is 39.0 Å². The molecule has 2 aliphatic rings. The molecule has 1 aliphatic carbocycles. The standard InChI is InChI=1S/C23H23N5O4S/c1-13(29)25-22-26-17-8-7-14(10-19(17)33-22)15-9-18-21(24-11-15)27-20(30)12-28(18)23(31)32-16-5-3-2-4-6-16/h7-11,16H,2-6,12H2,1H3,(H,24,27,30)(H,25,26,29). The van der Waals surface area contributed by atoms with Crippen molar-refractivity contribution in [3.63, 3.8) is 0 Å². The molecule has 2 aromatic heterocycles. The summed E-state index contributed by atoms with van der Waals surface area (Å²) in [7, 11) is 0. The largest absolute Gasteiger partial charge is 0.446 e. The summed E-state index contributed by atoms with van der Waals surface area (Å²) in [5, 5.41) is 5.98. The van der Waals surface area contributed by atoms with Gasteiger partial charge in [-0.15, -0.1) is 0 Å². The highest BCUT2D eigenvalue weighted by Gasteiger charge is 2.31. The van der Waals surface area contributed by atoms with E-state index in [0.717, 1.165) is 53.4 Å². The van der Waals surface area contributed by atoms with Crippen LogP contribution in [0.2, 0.25) is 0 Å². The minimum absolute atomic E-state index is 0.109. The summed E-state index contributed by atoms with van der Waals surface area (Å²) in [6.45, 7) is 1.33. The molecular formula is C23H23N5O4S. The number of anilines is 3. The molecule has 0 bridgehead atoms. The number of fused-ring (bicyclic) bond motifs is 2. The lowest BCUT2D eigenvalue weighted by atomic mass is 9.98. The summed E-state index contributed by atoms with van der Waals surface area (Å²) in [4.78, 5) is 46.6. The van der Waals surface area contributed by atoms with Crippen LogP contribution in [0.25, 0.3) is 21.3 Å². The molecule has 2 N–H and O–H groups in total. The van der Waals surface area contributed by atoms with Gasteiger partial charge in [-0.05, 0) is 49.4 Å². The minimum Gasteiger partial charge on any atom is -0.446 e. The van der Waals surface area contributed by atoms with Crippen molar-refractivity contribution in [2.24, 2.45) is 0 Å². The van der Waals surface area contributed by atoms with E-state index in [2.05, 4.69) is 20.6 Å². The second-order valence-electron chi connectivity index (χ2n) is 8.25. The molecule has 1 saturated carbocycles. The van der Waals surface area contributed by atoms with Crippen LogP contribution >= 0.6 is 11.3 Å². The monoisotopic (exact) mass is 465 g/mol. The zero-order valence-corrected chi connectivity index (χ0v) is 18.9. The number of nitrogens with zero attached hydrogens (tertiary/aromatic N) is 3. The molecule has 5 rings (SSSR count). The quantitative estimate of drug-likeness (QED) is 0.587. The Labute approximate surface area is 194 Å². The Morgan fingerprint density at radius 2 is 2.00 bits per heavy atom. The third-order valence-electron chi connectivity index (χ3n) is 5.76. The number of benzene rings is 1. The van der Waals surface area contributed by atoms with Gasteiger partial charge in [-0.25, -0.2) is 14.8 Å². The number of ether oxygens (including phenoxy) is 1. The second-order valence-corrected chi connectivity index (χ2v) is 9.28. The number of carbonyl (C=O) groups excluding carboxylic acids is 3. The van der Waals surface area contributed by atoms with Gasteiger partial charge in [-0.1, -0.05) is 23.8 Å². The molecule has 3 heterocycles. The van der Waals surface area contributed by atoms with Gasteiger partial charge in [0.2, 0.25) is 11.8 Å². The van der Waals surface area contributed by atoms with Crippen LogP contribution in [-0.4, -0.2) is 40.5 Å². The van der Waals surface area contributed by atoms with Crippen LogP contribution < -0.4 is 15.5 Å². The fourth-order valence-corrected chi connectivity index (χ4v) is 5.12. The van der Waals surface area contributed by atoms with Crippen LogP contribution in [0.3, 0.4) is 0 Å².